The van der Waals surface area contributed by atoms with E-state index in [1.165, 1.54) is 4.90 Å². The first-order valence-corrected chi connectivity index (χ1v) is 6.81. The van der Waals surface area contributed by atoms with Crippen LogP contribution in [0.25, 0.3) is 0 Å². The van der Waals surface area contributed by atoms with Gasteiger partial charge in [0, 0.05) is 0 Å². The summed E-state index contributed by atoms with van der Waals surface area (Å²) in [4.78, 5) is 36.9. The van der Waals surface area contributed by atoms with E-state index < -0.39 is 17.9 Å². The van der Waals surface area contributed by atoms with Gasteiger partial charge in [0.15, 0.2) is 0 Å². The highest BCUT2D eigenvalue weighted by Gasteiger charge is 2.35. The molecule has 0 spiro atoms. The molecule has 6 nitrogen and oxygen atoms in total. The lowest BCUT2D eigenvalue weighted by Gasteiger charge is -2.33. The van der Waals surface area contributed by atoms with E-state index in [1.807, 2.05) is 13.0 Å². The fourth-order valence-electron chi connectivity index (χ4n) is 2.39. The van der Waals surface area contributed by atoms with Gasteiger partial charge in [-0.15, -0.1) is 0 Å². The number of amides is 3. The van der Waals surface area contributed by atoms with Gasteiger partial charge in [-0.3, -0.25) is 19.7 Å². The second-order valence-electron chi connectivity index (χ2n) is 4.89. The maximum absolute atomic E-state index is 12.4. The van der Waals surface area contributed by atoms with Gasteiger partial charge in [0.1, 0.15) is 18.3 Å². The molecule has 1 atom stereocenters. The van der Waals surface area contributed by atoms with Crippen LogP contribution < -0.4 is 10.1 Å². The molecule has 1 aromatic rings. The van der Waals surface area contributed by atoms with Gasteiger partial charge < -0.3 is 9.64 Å². The predicted octanol–water partition coefficient (Wildman–Crippen LogP) is 0.501. The van der Waals surface area contributed by atoms with Crippen molar-refractivity contribution in [3.05, 3.63) is 29.8 Å². The van der Waals surface area contributed by atoms with Gasteiger partial charge in [0.25, 0.3) is 0 Å². The number of rotatable bonds is 4. The summed E-state index contributed by atoms with van der Waals surface area (Å²) in [6, 6.07) is 6.59. The molecule has 112 valence electrons. The third-order valence-electron chi connectivity index (χ3n) is 3.45. The van der Waals surface area contributed by atoms with Crippen molar-refractivity contribution >= 4 is 17.7 Å². The summed E-state index contributed by atoms with van der Waals surface area (Å²) in [7, 11) is 1.56. The predicted molar refractivity (Wildman–Crippen MR) is 75.6 cm³/mol. The number of hydrogen-bond donors (Lipinski definition) is 1. The van der Waals surface area contributed by atoms with Crippen LogP contribution in [0.3, 0.4) is 0 Å². The van der Waals surface area contributed by atoms with Gasteiger partial charge in [-0.2, -0.15) is 0 Å². The zero-order valence-electron chi connectivity index (χ0n) is 12.1. The van der Waals surface area contributed by atoms with Crippen molar-refractivity contribution in [1.82, 2.24) is 10.2 Å². The molecule has 1 aliphatic rings. The van der Waals surface area contributed by atoms with Crippen LogP contribution >= 0.6 is 0 Å². The lowest BCUT2D eigenvalue weighted by atomic mass is 10.1. The van der Waals surface area contributed by atoms with Crippen LogP contribution in [0.2, 0.25) is 0 Å². The number of carbonyl (C=O) groups is 3. The Morgan fingerprint density at radius 2 is 2.19 bits per heavy atom. The first kappa shape index (κ1) is 15.0. The molecule has 2 rings (SSSR count). The summed E-state index contributed by atoms with van der Waals surface area (Å²) in [6.07, 6.45) is 0.608. The number of piperazine rings is 1. The fourth-order valence-corrected chi connectivity index (χ4v) is 2.39. The highest BCUT2D eigenvalue weighted by molar-refractivity contribution is 6.04. The maximum atomic E-state index is 12.4. The summed E-state index contributed by atoms with van der Waals surface area (Å²) in [5.74, 6) is -0.422. The molecule has 1 saturated heterocycles. The van der Waals surface area contributed by atoms with E-state index >= 15 is 0 Å². The molecular formula is C15H18N2O4. The van der Waals surface area contributed by atoms with Crippen LogP contribution in [0.4, 0.5) is 0 Å². The Morgan fingerprint density at radius 3 is 2.86 bits per heavy atom. The van der Waals surface area contributed by atoms with Gasteiger partial charge in [-0.25, -0.2) is 0 Å². The van der Waals surface area contributed by atoms with Crippen LogP contribution in [0, 0.1) is 0 Å². The molecule has 1 heterocycles. The molecule has 1 unspecified atom stereocenters. The average Bonchev–Trinajstić information content (AvgIpc) is 2.46. The SMILES string of the molecule is CCC1C(=O)NC(=O)CN1C(=O)Cc1cccc(OC)c1. The Kier molecular flexibility index (Phi) is 4.57. The summed E-state index contributed by atoms with van der Waals surface area (Å²) in [6.45, 7) is 1.74. The minimum atomic E-state index is -0.583. The highest BCUT2D eigenvalue weighted by atomic mass is 16.5. The van der Waals surface area contributed by atoms with Crippen molar-refractivity contribution in [2.24, 2.45) is 0 Å². The van der Waals surface area contributed by atoms with E-state index in [1.54, 1.807) is 25.3 Å². The standard InChI is InChI=1S/C15H18N2O4/c1-3-12-15(20)16-13(18)9-17(12)14(19)8-10-5-4-6-11(7-10)21-2/h4-7,12H,3,8-9H2,1-2H3,(H,16,18,20). The third-order valence-corrected chi connectivity index (χ3v) is 3.45. The molecule has 1 aliphatic heterocycles. The first-order valence-electron chi connectivity index (χ1n) is 6.81. The number of nitrogens with zero attached hydrogens (tertiary/aromatic N) is 1. The van der Waals surface area contributed by atoms with Crippen LogP contribution in [-0.2, 0) is 20.8 Å². The number of nitrogens with one attached hydrogen (secondary N) is 1. The van der Waals surface area contributed by atoms with Crippen molar-refractivity contribution in [1.29, 1.82) is 0 Å². The molecule has 0 bridgehead atoms. The van der Waals surface area contributed by atoms with Crippen LogP contribution in [0.5, 0.6) is 5.75 Å². The second kappa shape index (κ2) is 6.39. The Balaban J connectivity index is 2.13. The van der Waals surface area contributed by atoms with Crippen molar-refractivity contribution in [3.63, 3.8) is 0 Å². The van der Waals surface area contributed by atoms with Crippen molar-refractivity contribution in [3.8, 4) is 5.75 Å². The molecule has 0 aromatic heterocycles. The Labute approximate surface area is 123 Å². The molecular weight excluding hydrogens is 272 g/mol. The lowest BCUT2D eigenvalue weighted by molar-refractivity contribution is -0.149. The summed E-state index contributed by atoms with van der Waals surface area (Å²) >= 11 is 0. The Morgan fingerprint density at radius 1 is 1.43 bits per heavy atom. The number of carbonyl (C=O) groups excluding carboxylic acids is 3. The van der Waals surface area contributed by atoms with Gasteiger partial charge in [0.05, 0.1) is 13.5 Å². The molecule has 1 N–H and O–H groups in total. The summed E-state index contributed by atoms with van der Waals surface area (Å²) in [5.41, 5.74) is 0.785. The molecule has 0 aliphatic carbocycles. The Bertz CT molecular complexity index is 571. The molecule has 1 fully saturated rings. The van der Waals surface area contributed by atoms with E-state index in [-0.39, 0.29) is 18.9 Å². The van der Waals surface area contributed by atoms with Crippen molar-refractivity contribution in [2.75, 3.05) is 13.7 Å². The van der Waals surface area contributed by atoms with Crippen molar-refractivity contribution in [2.45, 2.75) is 25.8 Å². The molecule has 21 heavy (non-hydrogen) atoms. The Hall–Kier alpha value is -2.37. The third kappa shape index (κ3) is 3.39. The minimum absolute atomic E-state index is 0.0763. The number of hydrogen-bond acceptors (Lipinski definition) is 4. The van der Waals surface area contributed by atoms with E-state index in [0.717, 1.165) is 5.56 Å². The molecule has 6 heteroatoms. The van der Waals surface area contributed by atoms with Gasteiger partial charge >= 0.3 is 0 Å². The summed E-state index contributed by atoms with van der Waals surface area (Å²) < 4.78 is 5.12. The van der Waals surface area contributed by atoms with Gasteiger partial charge in [0.2, 0.25) is 17.7 Å². The normalized spacial score (nSPS) is 18.4. The number of imide groups is 1. The number of ether oxygens (including phenoxy) is 1. The van der Waals surface area contributed by atoms with Gasteiger partial charge in [-0.1, -0.05) is 19.1 Å². The zero-order valence-corrected chi connectivity index (χ0v) is 12.1. The second-order valence-corrected chi connectivity index (χ2v) is 4.89. The van der Waals surface area contributed by atoms with Crippen LogP contribution in [-0.4, -0.2) is 42.3 Å². The number of methoxy groups -OCH3 is 1. The molecule has 1 aromatic carbocycles. The topological polar surface area (TPSA) is 75.7 Å². The van der Waals surface area contributed by atoms with E-state index in [4.69, 9.17) is 4.74 Å². The molecule has 0 radical (unpaired) electrons. The van der Waals surface area contributed by atoms with E-state index in [9.17, 15) is 14.4 Å². The molecule has 3 amide bonds. The van der Waals surface area contributed by atoms with Crippen LogP contribution in [0.1, 0.15) is 18.9 Å². The molecule has 0 saturated carbocycles. The average molecular weight is 290 g/mol. The highest BCUT2D eigenvalue weighted by Crippen LogP contribution is 2.16. The monoisotopic (exact) mass is 290 g/mol. The van der Waals surface area contributed by atoms with Crippen molar-refractivity contribution < 1.29 is 19.1 Å². The fraction of sp³-hybridized carbons (Fsp3) is 0.400. The largest absolute Gasteiger partial charge is 0.497 e. The maximum Gasteiger partial charge on any atom is 0.249 e. The minimum Gasteiger partial charge on any atom is -0.497 e. The van der Waals surface area contributed by atoms with E-state index in [0.29, 0.717) is 12.2 Å². The number of benzene rings is 1. The van der Waals surface area contributed by atoms with Crippen LogP contribution in [0.15, 0.2) is 24.3 Å². The van der Waals surface area contributed by atoms with E-state index in [2.05, 4.69) is 5.32 Å². The van der Waals surface area contributed by atoms with Gasteiger partial charge in [-0.05, 0) is 24.1 Å². The quantitative estimate of drug-likeness (QED) is 0.819. The summed E-state index contributed by atoms with van der Waals surface area (Å²) in [5, 5.41) is 2.26. The zero-order chi connectivity index (χ0) is 15.4. The smallest absolute Gasteiger partial charge is 0.249 e. The first-order chi connectivity index (χ1) is 10.0. The lowest BCUT2D eigenvalue weighted by Crippen LogP contribution is -2.59.